The number of pyridine rings is 1. The highest BCUT2D eigenvalue weighted by molar-refractivity contribution is 6.06. The number of rotatable bonds is 7. The van der Waals surface area contributed by atoms with E-state index < -0.39 is 6.04 Å². The summed E-state index contributed by atoms with van der Waals surface area (Å²) in [6, 6.07) is 9.16. The highest BCUT2D eigenvalue weighted by atomic mass is 16.2. The summed E-state index contributed by atoms with van der Waals surface area (Å²) in [4.78, 5) is 45.0. The zero-order chi connectivity index (χ0) is 22.9. The molecular formula is C25H27N5O3. The van der Waals surface area contributed by atoms with Crippen molar-refractivity contribution >= 4 is 29.5 Å². The van der Waals surface area contributed by atoms with Crippen LogP contribution in [-0.2, 0) is 22.7 Å². The quantitative estimate of drug-likeness (QED) is 0.634. The lowest BCUT2D eigenvalue weighted by Gasteiger charge is -2.39. The number of hydrogen-bond donors (Lipinski definition) is 2. The van der Waals surface area contributed by atoms with Crippen molar-refractivity contribution in [3.05, 3.63) is 65.5 Å². The molecule has 2 aromatic rings. The molecule has 1 atom stereocenters. The minimum Gasteiger partial charge on any atom is -0.384 e. The Morgan fingerprint density at radius 1 is 1.18 bits per heavy atom. The molecule has 3 aliphatic rings. The fourth-order valence-electron chi connectivity index (χ4n) is 4.85. The molecule has 2 N–H and O–H groups in total. The van der Waals surface area contributed by atoms with Gasteiger partial charge in [0.05, 0.1) is 5.69 Å². The number of nitrogens with zero attached hydrogens (tertiary/aromatic N) is 3. The van der Waals surface area contributed by atoms with Gasteiger partial charge in [-0.15, -0.1) is 0 Å². The van der Waals surface area contributed by atoms with Crippen LogP contribution in [-0.4, -0.2) is 58.2 Å². The lowest BCUT2D eigenvalue weighted by molar-refractivity contribution is -0.136. The van der Waals surface area contributed by atoms with E-state index in [0.717, 1.165) is 43.1 Å². The smallest absolute Gasteiger partial charge is 0.255 e. The molecule has 1 aromatic heterocycles. The largest absolute Gasteiger partial charge is 0.384 e. The molecule has 0 aliphatic carbocycles. The van der Waals surface area contributed by atoms with Crippen LogP contribution in [0.15, 0.2) is 43.1 Å². The van der Waals surface area contributed by atoms with Gasteiger partial charge in [-0.25, -0.2) is 0 Å². The molecule has 1 aromatic carbocycles. The average Bonchev–Trinajstić information content (AvgIpc) is 3.12. The van der Waals surface area contributed by atoms with Crippen molar-refractivity contribution in [1.29, 1.82) is 0 Å². The van der Waals surface area contributed by atoms with Crippen molar-refractivity contribution < 1.29 is 14.4 Å². The number of carbonyl (C=O) groups is 3. The maximum atomic E-state index is 13.0. The lowest BCUT2D eigenvalue weighted by Crippen LogP contribution is -2.52. The number of benzene rings is 1. The maximum absolute atomic E-state index is 13.0. The first kappa shape index (κ1) is 21.3. The molecule has 33 heavy (non-hydrogen) atoms. The van der Waals surface area contributed by atoms with Crippen LogP contribution in [0.4, 0.5) is 5.69 Å². The maximum Gasteiger partial charge on any atom is 0.255 e. The molecule has 5 rings (SSSR count). The summed E-state index contributed by atoms with van der Waals surface area (Å²) in [6.07, 6.45) is 4.28. The van der Waals surface area contributed by atoms with Gasteiger partial charge in [-0.1, -0.05) is 18.7 Å². The van der Waals surface area contributed by atoms with Crippen molar-refractivity contribution in [2.75, 3.05) is 25.0 Å². The van der Waals surface area contributed by atoms with Gasteiger partial charge in [0, 0.05) is 68.1 Å². The molecular weight excluding hydrogens is 418 g/mol. The zero-order valence-corrected chi connectivity index (χ0v) is 18.4. The molecule has 2 saturated heterocycles. The minimum atomic E-state index is -0.592. The highest BCUT2D eigenvalue weighted by Gasteiger charge is 2.40. The number of nitrogens with one attached hydrogen (secondary N) is 2. The van der Waals surface area contributed by atoms with Crippen molar-refractivity contribution in [2.24, 2.45) is 5.92 Å². The Morgan fingerprint density at radius 3 is 2.76 bits per heavy atom. The van der Waals surface area contributed by atoms with Crippen molar-refractivity contribution in [3.63, 3.8) is 0 Å². The molecule has 8 heteroatoms. The third kappa shape index (κ3) is 4.26. The highest BCUT2D eigenvalue weighted by Crippen LogP contribution is 2.32. The normalized spacial score (nSPS) is 20.9. The van der Waals surface area contributed by atoms with E-state index in [1.165, 1.54) is 5.56 Å². The molecule has 0 saturated carbocycles. The van der Waals surface area contributed by atoms with Crippen LogP contribution in [0.2, 0.25) is 0 Å². The van der Waals surface area contributed by atoms with Gasteiger partial charge in [0.25, 0.3) is 5.91 Å². The average molecular weight is 446 g/mol. The third-order valence-electron chi connectivity index (χ3n) is 6.66. The number of hydrogen-bond acceptors (Lipinski definition) is 6. The monoisotopic (exact) mass is 445 g/mol. The van der Waals surface area contributed by atoms with E-state index in [-0.39, 0.29) is 24.1 Å². The molecule has 3 aliphatic heterocycles. The fraction of sp³-hybridized carbons (Fsp3) is 0.360. The van der Waals surface area contributed by atoms with Crippen LogP contribution >= 0.6 is 0 Å². The van der Waals surface area contributed by atoms with E-state index in [4.69, 9.17) is 0 Å². The first-order valence-corrected chi connectivity index (χ1v) is 11.3. The van der Waals surface area contributed by atoms with E-state index >= 15 is 0 Å². The lowest BCUT2D eigenvalue weighted by atomic mass is 9.98. The molecule has 4 heterocycles. The summed E-state index contributed by atoms with van der Waals surface area (Å²) in [7, 11) is 0. The summed E-state index contributed by atoms with van der Waals surface area (Å²) >= 11 is 0. The first-order chi connectivity index (χ1) is 16.0. The topological polar surface area (TPSA) is 94.6 Å². The molecule has 0 radical (unpaired) electrons. The molecule has 1 unspecified atom stereocenters. The van der Waals surface area contributed by atoms with Gasteiger partial charge in [0.2, 0.25) is 11.8 Å². The second-order valence-corrected chi connectivity index (χ2v) is 8.97. The Morgan fingerprint density at radius 2 is 2.03 bits per heavy atom. The number of imide groups is 1. The number of carbonyl (C=O) groups excluding carboxylic acids is 3. The molecule has 0 bridgehead atoms. The number of likely N-dealkylation sites (tertiary alicyclic amines) is 1. The van der Waals surface area contributed by atoms with Gasteiger partial charge in [-0.05, 0) is 36.3 Å². The number of piperidine rings is 1. The second-order valence-electron chi connectivity index (χ2n) is 8.97. The summed E-state index contributed by atoms with van der Waals surface area (Å²) in [5, 5.41) is 5.88. The van der Waals surface area contributed by atoms with Crippen LogP contribution in [0.5, 0.6) is 0 Å². The van der Waals surface area contributed by atoms with E-state index in [1.54, 1.807) is 11.0 Å². The van der Waals surface area contributed by atoms with Crippen LogP contribution in [0.25, 0.3) is 6.08 Å². The zero-order valence-electron chi connectivity index (χ0n) is 18.4. The van der Waals surface area contributed by atoms with E-state index in [2.05, 4.69) is 33.2 Å². The minimum absolute atomic E-state index is 0.144. The Labute approximate surface area is 192 Å². The molecule has 170 valence electrons. The van der Waals surface area contributed by atoms with E-state index in [9.17, 15) is 14.4 Å². The van der Waals surface area contributed by atoms with Crippen LogP contribution < -0.4 is 10.6 Å². The van der Waals surface area contributed by atoms with Crippen LogP contribution in [0.3, 0.4) is 0 Å². The third-order valence-corrected chi connectivity index (χ3v) is 6.66. The first-order valence-electron chi connectivity index (χ1n) is 11.3. The summed E-state index contributed by atoms with van der Waals surface area (Å²) in [5.41, 5.74) is 4.58. The van der Waals surface area contributed by atoms with Crippen LogP contribution in [0, 0.1) is 5.92 Å². The van der Waals surface area contributed by atoms with Crippen molar-refractivity contribution in [3.8, 4) is 0 Å². The van der Waals surface area contributed by atoms with Gasteiger partial charge in [-0.2, -0.15) is 0 Å². The van der Waals surface area contributed by atoms with E-state index in [0.29, 0.717) is 24.4 Å². The molecule has 2 fully saturated rings. The number of anilines is 1. The SMILES string of the molecule is C=Cc1ccc(CN2CC(CNc3cccc4c3CN(C3CCC(=O)NC3=O)C4=O)C2)cn1. The summed E-state index contributed by atoms with van der Waals surface area (Å²) < 4.78 is 0. The van der Waals surface area contributed by atoms with Gasteiger partial charge < -0.3 is 10.2 Å². The van der Waals surface area contributed by atoms with Crippen molar-refractivity contribution in [2.45, 2.75) is 32.0 Å². The van der Waals surface area contributed by atoms with Crippen molar-refractivity contribution in [1.82, 2.24) is 20.1 Å². The number of aromatic nitrogens is 1. The van der Waals surface area contributed by atoms with E-state index in [1.807, 2.05) is 30.5 Å². The standard InChI is InChI=1S/C25H27N5O3/c1-2-18-7-6-16(10-26-18)12-29-13-17(14-29)11-27-21-5-3-4-19-20(21)15-30(25(19)33)22-8-9-23(31)28-24(22)32/h2-7,10,17,22,27H,1,8-9,11-15H2,(H,28,31,32). The predicted molar refractivity (Wildman–Crippen MR) is 124 cm³/mol. The second kappa shape index (κ2) is 8.78. The summed E-state index contributed by atoms with van der Waals surface area (Å²) in [6.45, 7) is 7.84. The van der Waals surface area contributed by atoms with Gasteiger partial charge in [0.1, 0.15) is 6.04 Å². The van der Waals surface area contributed by atoms with Gasteiger partial charge in [0.15, 0.2) is 0 Å². The number of fused-ring (bicyclic) bond motifs is 1. The molecule has 0 spiro atoms. The van der Waals surface area contributed by atoms with Gasteiger partial charge in [-0.3, -0.25) is 29.6 Å². The molecule has 3 amide bonds. The Kier molecular flexibility index (Phi) is 5.68. The number of amides is 3. The Bertz CT molecular complexity index is 1110. The van der Waals surface area contributed by atoms with Crippen LogP contribution in [0.1, 0.15) is 40.0 Å². The molecule has 8 nitrogen and oxygen atoms in total. The Balaban J connectivity index is 1.16. The predicted octanol–water partition coefficient (Wildman–Crippen LogP) is 2.03. The fourth-order valence-corrected chi connectivity index (χ4v) is 4.85. The Hall–Kier alpha value is -3.52. The summed E-state index contributed by atoms with van der Waals surface area (Å²) in [5.74, 6) is -0.271. The van der Waals surface area contributed by atoms with Gasteiger partial charge >= 0.3 is 0 Å².